The Morgan fingerprint density at radius 2 is 1.74 bits per heavy atom. The van der Waals surface area contributed by atoms with Crippen molar-refractivity contribution in [2.75, 3.05) is 38.0 Å². The molecule has 0 aliphatic carbocycles. The van der Waals surface area contributed by atoms with Crippen molar-refractivity contribution in [1.82, 2.24) is 9.21 Å². The molecule has 3 rings (SSSR count). The fourth-order valence-electron chi connectivity index (χ4n) is 2.83. The highest BCUT2D eigenvalue weighted by Gasteiger charge is 2.29. The van der Waals surface area contributed by atoms with E-state index in [4.69, 9.17) is 0 Å². The molecule has 6 nitrogen and oxygen atoms in total. The summed E-state index contributed by atoms with van der Waals surface area (Å²) in [5, 5.41) is 2.79. The molecule has 2 aromatic rings. The minimum atomic E-state index is -3.55. The van der Waals surface area contributed by atoms with Gasteiger partial charge < -0.3 is 10.2 Å². The Morgan fingerprint density at radius 3 is 2.37 bits per heavy atom. The van der Waals surface area contributed by atoms with Crippen LogP contribution in [0.3, 0.4) is 0 Å². The first-order valence-electron chi connectivity index (χ1n) is 8.40. The molecule has 0 atom stereocenters. The van der Waals surface area contributed by atoms with Crippen molar-refractivity contribution in [3.05, 3.63) is 58.8 Å². The number of amides is 1. The van der Waals surface area contributed by atoms with Crippen LogP contribution in [-0.2, 0) is 14.8 Å². The Morgan fingerprint density at radius 1 is 1.07 bits per heavy atom. The van der Waals surface area contributed by atoms with Crippen molar-refractivity contribution in [3.8, 4) is 0 Å². The van der Waals surface area contributed by atoms with Crippen molar-refractivity contribution in [2.45, 2.75) is 4.90 Å². The summed E-state index contributed by atoms with van der Waals surface area (Å²) in [6, 6.07) is 12.8. The molecule has 1 amide bonds. The van der Waals surface area contributed by atoms with Gasteiger partial charge in [0.2, 0.25) is 15.9 Å². The maximum Gasteiger partial charge on any atom is 0.243 e. The Labute approximate surface area is 166 Å². The number of nitrogens with one attached hydrogen (secondary N) is 1. The SMILES string of the molecule is O=C(CNc1ccc(Br)cc1F)N1CCN(S(=O)(=O)c2ccccc2)CC1. The highest BCUT2D eigenvalue weighted by molar-refractivity contribution is 9.10. The lowest BCUT2D eigenvalue weighted by Gasteiger charge is -2.34. The predicted octanol–water partition coefficient (Wildman–Crippen LogP) is 2.53. The molecule has 0 saturated carbocycles. The number of hydrogen-bond acceptors (Lipinski definition) is 4. The number of sulfonamides is 1. The van der Waals surface area contributed by atoms with Crippen molar-refractivity contribution in [1.29, 1.82) is 0 Å². The van der Waals surface area contributed by atoms with Crippen LogP contribution in [0.15, 0.2) is 57.9 Å². The Hall–Kier alpha value is -1.97. The lowest BCUT2D eigenvalue weighted by atomic mass is 10.3. The van der Waals surface area contributed by atoms with Crippen molar-refractivity contribution >= 4 is 37.5 Å². The summed E-state index contributed by atoms with van der Waals surface area (Å²) in [5.74, 6) is -0.648. The Balaban J connectivity index is 1.55. The number of piperazine rings is 1. The molecule has 2 aromatic carbocycles. The number of carbonyl (C=O) groups is 1. The summed E-state index contributed by atoms with van der Waals surface area (Å²) in [6.07, 6.45) is 0. The predicted molar refractivity (Wildman–Crippen MR) is 104 cm³/mol. The number of rotatable bonds is 5. The van der Waals surface area contributed by atoms with Gasteiger partial charge >= 0.3 is 0 Å². The van der Waals surface area contributed by atoms with E-state index in [0.717, 1.165) is 0 Å². The third kappa shape index (κ3) is 4.66. The van der Waals surface area contributed by atoms with Gasteiger partial charge in [0, 0.05) is 30.7 Å². The molecule has 1 saturated heterocycles. The van der Waals surface area contributed by atoms with E-state index in [1.54, 1.807) is 47.4 Å². The standard InChI is InChI=1S/C18H19BrFN3O3S/c19-14-6-7-17(16(20)12-14)21-13-18(24)22-8-10-23(11-9-22)27(25,26)15-4-2-1-3-5-15/h1-7,12,21H,8-11,13H2. The highest BCUT2D eigenvalue weighted by atomic mass is 79.9. The van der Waals surface area contributed by atoms with Gasteiger partial charge in [-0.1, -0.05) is 34.1 Å². The fourth-order valence-corrected chi connectivity index (χ4v) is 4.61. The van der Waals surface area contributed by atoms with Crippen molar-refractivity contribution in [3.63, 3.8) is 0 Å². The Kier molecular flexibility index (Phi) is 6.13. The molecule has 144 valence electrons. The average molecular weight is 456 g/mol. The minimum absolute atomic E-state index is 0.0516. The second kappa shape index (κ2) is 8.37. The summed E-state index contributed by atoms with van der Waals surface area (Å²) in [6.45, 7) is 1.01. The van der Waals surface area contributed by atoms with Crippen LogP contribution in [0.4, 0.5) is 10.1 Å². The van der Waals surface area contributed by atoms with Crippen LogP contribution in [0.1, 0.15) is 0 Å². The maximum atomic E-state index is 13.8. The topological polar surface area (TPSA) is 69.7 Å². The highest BCUT2D eigenvalue weighted by Crippen LogP contribution is 2.20. The zero-order chi connectivity index (χ0) is 19.4. The fraction of sp³-hybridized carbons (Fsp3) is 0.278. The summed E-state index contributed by atoms with van der Waals surface area (Å²) < 4.78 is 41.0. The van der Waals surface area contributed by atoms with Crippen molar-refractivity contribution < 1.29 is 17.6 Å². The van der Waals surface area contributed by atoms with E-state index in [9.17, 15) is 17.6 Å². The van der Waals surface area contributed by atoms with Gasteiger partial charge in [0.25, 0.3) is 0 Å². The molecule has 9 heteroatoms. The summed E-state index contributed by atoms with van der Waals surface area (Å²) in [5.41, 5.74) is 0.247. The molecule has 1 heterocycles. The first kappa shape index (κ1) is 19.8. The summed E-state index contributed by atoms with van der Waals surface area (Å²) in [4.78, 5) is 14.2. The minimum Gasteiger partial charge on any atom is -0.374 e. The second-order valence-corrected chi connectivity index (χ2v) is 8.93. The monoisotopic (exact) mass is 455 g/mol. The van der Waals surface area contributed by atoms with Crippen LogP contribution in [0, 0.1) is 5.82 Å². The number of benzene rings is 2. The van der Waals surface area contributed by atoms with E-state index in [0.29, 0.717) is 17.6 Å². The number of nitrogens with zero attached hydrogens (tertiary/aromatic N) is 2. The van der Waals surface area contributed by atoms with Gasteiger partial charge in [-0.05, 0) is 30.3 Å². The lowest BCUT2D eigenvalue weighted by Crippen LogP contribution is -2.51. The molecular weight excluding hydrogens is 437 g/mol. The third-order valence-electron chi connectivity index (χ3n) is 4.33. The molecule has 0 bridgehead atoms. The number of hydrogen-bond donors (Lipinski definition) is 1. The van der Waals surface area contributed by atoms with Crippen LogP contribution in [-0.4, -0.2) is 56.3 Å². The number of anilines is 1. The summed E-state index contributed by atoms with van der Waals surface area (Å²) >= 11 is 3.18. The van der Waals surface area contributed by atoms with Gasteiger partial charge in [-0.3, -0.25) is 4.79 Å². The molecular formula is C18H19BrFN3O3S. The maximum absolute atomic E-state index is 13.8. The van der Waals surface area contributed by atoms with Crippen LogP contribution >= 0.6 is 15.9 Å². The second-order valence-electron chi connectivity index (χ2n) is 6.08. The molecule has 27 heavy (non-hydrogen) atoms. The van der Waals surface area contributed by atoms with Gasteiger partial charge in [-0.2, -0.15) is 4.31 Å². The molecule has 0 radical (unpaired) electrons. The van der Waals surface area contributed by atoms with E-state index in [1.165, 1.54) is 10.4 Å². The van der Waals surface area contributed by atoms with E-state index in [2.05, 4.69) is 21.2 Å². The van der Waals surface area contributed by atoms with Gasteiger partial charge in [0.15, 0.2) is 0 Å². The molecule has 0 aromatic heterocycles. The number of halogens is 2. The zero-order valence-electron chi connectivity index (χ0n) is 14.4. The largest absolute Gasteiger partial charge is 0.374 e. The average Bonchev–Trinajstić information content (AvgIpc) is 2.68. The third-order valence-corrected chi connectivity index (χ3v) is 6.74. The molecule has 0 spiro atoms. The van der Waals surface area contributed by atoms with Gasteiger partial charge in [0.05, 0.1) is 17.1 Å². The zero-order valence-corrected chi connectivity index (χ0v) is 16.8. The lowest BCUT2D eigenvalue weighted by molar-refractivity contribution is -0.130. The van der Waals surface area contributed by atoms with Gasteiger partial charge in [0.1, 0.15) is 5.82 Å². The normalized spacial score (nSPS) is 15.6. The van der Waals surface area contributed by atoms with Crippen LogP contribution in [0.2, 0.25) is 0 Å². The quantitative estimate of drug-likeness (QED) is 0.751. The molecule has 1 aliphatic heterocycles. The smallest absolute Gasteiger partial charge is 0.243 e. The Bertz CT molecular complexity index is 917. The van der Waals surface area contributed by atoms with Crippen LogP contribution in [0.25, 0.3) is 0 Å². The van der Waals surface area contributed by atoms with Gasteiger partial charge in [-0.15, -0.1) is 0 Å². The van der Waals surface area contributed by atoms with E-state index in [-0.39, 0.29) is 36.1 Å². The van der Waals surface area contributed by atoms with Crippen LogP contribution in [0.5, 0.6) is 0 Å². The van der Waals surface area contributed by atoms with E-state index in [1.807, 2.05) is 0 Å². The molecule has 1 aliphatic rings. The molecule has 0 unspecified atom stereocenters. The molecule has 1 fully saturated rings. The molecule has 1 N–H and O–H groups in total. The number of carbonyl (C=O) groups excluding carboxylic acids is 1. The van der Waals surface area contributed by atoms with E-state index < -0.39 is 15.8 Å². The summed E-state index contributed by atoms with van der Waals surface area (Å²) in [7, 11) is -3.55. The first-order valence-corrected chi connectivity index (χ1v) is 10.6. The first-order chi connectivity index (χ1) is 12.9. The van der Waals surface area contributed by atoms with E-state index >= 15 is 0 Å². The van der Waals surface area contributed by atoms with Crippen molar-refractivity contribution in [2.24, 2.45) is 0 Å². The van der Waals surface area contributed by atoms with Crippen LogP contribution < -0.4 is 5.32 Å². The van der Waals surface area contributed by atoms with Gasteiger partial charge in [-0.25, -0.2) is 12.8 Å².